The first-order valence-corrected chi connectivity index (χ1v) is 7.04. The summed E-state index contributed by atoms with van der Waals surface area (Å²) < 4.78 is 18.6. The zero-order valence-electron chi connectivity index (χ0n) is 12.7. The molecule has 2 N–H and O–H groups in total. The van der Waals surface area contributed by atoms with Gasteiger partial charge in [0.05, 0.1) is 11.0 Å². The standard InChI is InChI=1S/C15H21N3O3/c1-15(2,16)9-18-11-7-13-12(20-4-5-21-13)6-10(11)17-14(18)8-19-3/h6-7H,4-5,8-9,16H2,1-3H3. The van der Waals surface area contributed by atoms with E-state index in [4.69, 9.17) is 19.9 Å². The fourth-order valence-electron chi connectivity index (χ4n) is 2.53. The molecular weight excluding hydrogens is 270 g/mol. The van der Waals surface area contributed by atoms with Gasteiger partial charge in [0.25, 0.3) is 0 Å². The first-order chi connectivity index (χ1) is 9.98. The third kappa shape index (κ3) is 2.82. The average Bonchev–Trinajstić information content (AvgIpc) is 2.72. The van der Waals surface area contributed by atoms with Crippen molar-refractivity contribution in [1.82, 2.24) is 9.55 Å². The predicted octanol–water partition coefficient (Wildman–Crippen LogP) is 1.69. The molecule has 0 saturated heterocycles. The lowest BCUT2D eigenvalue weighted by atomic mass is 10.1. The highest BCUT2D eigenvalue weighted by molar-refractivity contribution is 5.80. The van der Waals surface area contributed by atoms with Gasteiger partial charge in [-0.25, -0.2) is 4.98 Å². The summed E-state index contributed by atoms with van der Waals surface area (Å²) in [5.74, 6) is 2.36. The van der Waals surface area contributed by atoms with E-state index in [0.29, 0.717) is 26.4 Å². The Bertz CT molecular complexity index is 658. The fraction of sp³-hybridized carbons (Fsp3) is 0.533. The van der Waals surface area contributed by atoms with E-state index in [1.165, 1.54) is 0 Å². The molecule has 1 aliphatic heterocycles. The highest BCUT2D eigenvalue weighted by atomic mass is 16.6. The molecule has 6 heteroatoms. The van der Waals surface area contributed by atoms with Crippen LogP contribution in [-0.4, -0.2) is 35.4 Å². The Hall–Kier alpha value is -1.79. The van der Waals surface area contributed by atoms with Gasteiger partial charge in [-0.15, -0.1) is 0 Å². The molecule has 0 fully saturated rings. The van der Waals surface area contributed by atoms with Crippen molar-refractivity contribution in [2.75, 3.05) is 20.3 Å². The zero-order valence-corrected chi connectivity index (χ0v) is 12.7. The van der Waals surface area contributed by atoms with E-state index in [0.717, 1.165) is 28.4 Å². The first kappa shape index (κ1) is 14.2. The second kappa shape index (κ2) is 5.20. The molecule has 114 valence electrons. The van der Waals surface area contributed by atoms with Crippen LogP contribution < -0.4 is 15.2 Å². The van der Waals surface area contributed by atoms with Crippen molar-refractivity contribution < 1.29 is 14.2 Å². The number of methoxy groups -OCH3 is 1. The van der Waals surface area contributed by atoms with Crippen LogP contribution in [0.25, 0.3) is 11.0 Å². The van der Waals surface area contributed by atoms with E-state index in [1.807, 2.05) is 26.0 Å². The maximum absolute atomic E-state index is 6.18. The van der Waals surface area contributed by atoms with Crippen molar-refractivity contribution >= 4 is 11.0 Å². The maximum Gasteiger partial charge on any atom is 0.163 e. The topological polar surface area (TPSA) is 71.5 Å². The Morgan fingerprint density at radius 1 is 1.29 bits per heavy atom. The Morgan fingerprint density at radius 3 is 2.57 bits per heavy atom. The molecular formula is C15H21N3O3. The number of aromatic nitrogens is 2. The van der Waals surface area contributed by atoms with Gasteiger partial charge in [-0.1, -0.05) is 0 Å². The van der Waals surface area contributed by atoms with Gasteiger partial charge < -0.3 is 24.5 Å². The molecule has 1 aromatic heterocycles. The molecule has 0 radical (unpaired) electrons. The molecule has 2 heterocycles. The maximum atomic E-state index is 6.18. The summed E-state index contributed by atoms with van der Waals surface area (Å²) in [4.78, 5) is 4.64. The van der Waals surface area contributed by atoms with E-state index in [-0.39, 0.29) is 5.54 Å². The van der Waals surface area contributed by atoms with Gasteiger partial charge in [0.2, 0.25) is 0 Å². The van der Waals surface area contributed by atoms with Crippen LogP contribution in [0, 0.1) is 0 Å². The molecule has 0 unspecified atom stereocenters. The number of benzene rings is 1. The normalized spacial score (nSPS) is 14.7. The summed E-state index contributed by atoms with van der Waals surface area (Å²) in [7, 11) is 1.66. The van der Waals surface area contributed by atoms with E-state index >= 15 is 0 Å². The lowest BCUT2D eigenvalue weighted by Crippen LogP contribution is -2.37. The van der Waals surface area contributed by atoms with Crippen LogP contribution in [0.4, 0.5) is 0 Å². The lowest BCUT2D eigenvalue weighted by Gasteiger charge is -2.22. The molecule has 0 spiro atoms. The van der Waals surface area contributed by atoms with Gasteiger partial charge in [-0.3, -0.25) is 0 Å². The molecule has 0 bridgehead atoms. The average molecular weight is 291 g/mol. The number of ether oxygens (including phenoxy) is 3. The number of imidazole rings is 1. The first-order valence-electron chi connectivity index (χ1n) is 7.04. The summed E-state index contributed by atoms with van der Waals surface area (Å²) in [6.07, 6.45) is 0. The van der Waals surface area contributed by atoms with E-state index in [2.05, 4.69) is 9.55 Å². The molecule has 2 aromatic rings. The lowest BCUT2D eigenvalue weighted by molar-refractivity contribution is 0.172. The van der Waals surface area contributed by atoms with Gasteiger partial charge in [-0.2, -0.15) is 0 Å². The molecule has 0 atom stereocenters. The smallest absolute Gasteiger partial charge is 0.163 e. The summed E-state index contributed by atoms with van der Waals surface area (Å²) in [6.45, 7) is 6.22. The number of rotatable bonds is 4. The van der Waals surface area contributed by atoms with Crippen LogP contribution >= 0.6 is 0 Å². The molecule has 1 aliphatic rings. The monoisotopic (exact) mass is 291 g/mol. The van der Waals surface area contributed by atoms with Crippen LogP contribution in [0.2, 0.25) is 0 Å². The zero-order chi connectivity index (χ0) is 15.0. The Kier molecular flexibility index (Phi) is 3.51. The molecule has 0 saturated carbocycles. The molecule has 6 nitrogen and oxygen atoms in total. The highest BCUT2D eigenvalue weighted by Crippen LogP contribution is 2.35. The summed E-state index contributed by atoms with van der Waals surface area (Å²) in [5, 5.41) is 0. The molecule has 21 heavy (non-hydrogen) atoms. The number of nitrogens with zero attached hydrogens (tertiary/aromatic N) is 2. The van der Waals surface area contributed by atoms with E-state index in [1.54, 1.807) is 7.11 Å². The van der Waals surface area contributed by atoms with E-state index < -0.39 is 0 Å². The van der Waals surface area contributed by atoms with Gasteiger partial charge >= 0.3 is 0 Å². The van der Waals surface area contributed by atoms with Crippen molar-refractivity contribution in [2.45, 2.75) is 32.5 Å². The summed E-state index contributed by atoms with van der Waals surface area (Å²) in [6, 6.07) is 3.89. The SMILES string of the molecule is COCc1nc2cc3c(cc2n1CC(C)(C)N)OCCO3. The van der Waals surface area contributed by atoms with Gasteiger partial charge in [0, 0.05) is 31.3 Å². The van der Waals surface area contributed by atoms with Crippen LogP contribution in [0.15, 0.2) is 12.1 Å². The van der Waals surface area contributed by atoms with Gasteiger partial charge in [-0.05, 0) is 13.8 Å². The van der Waals surface area contributed by atoms with Crippen LogP contribution in [0.5, 0.6) is 11.5 Å². The Labute approximate surface area is 123 Å². The highest BCUT2D eigenvalue weighted by Gasteiger charge is 2.21. The Morgan fingerprint density at radius 2 is 1.95 bits per heavy atom. The predicted molar refractivity (Wildman–Crippen MR) is 79.7 cm³/mol. The van der Waals surface area contributed by atoms with Crippen LogP contribution in [0.1, 0.15) is 19.7 Å². The number of nitrogens with two attached hydrogens (primary N) is 1. The second-order valence-corrected chi connectivity index (χ2v) is 6.02. The second-order valence-electron chi connectivity index (χ2n) is 6.02. The minimum absolute atomic E-state index is 0.344. The van der Waals surface area contributed by atoms with Crippen LogP contribution in [-0.2, 0) is 17.9 Å². The Balaban J connectivity index is 2.14. The molecule has 0 amide bonds. The van der Waals surface area contributed by atoms with Crippen molar-refractivity contribution in [3.8, 4) is 11.5 Å². The summed E-state index contributed by atoms with van der Waals surface area (Å²) >= 11 is 0. The van der Waals surface area contributed by atoms with Gasteiger partial charge in [0.1, 0.15) is 25.6 Å². The number of hydrogen-bond acceptors (Lipinski definition) is 5. The molecule has 0 aliphatic carbocycles. The van der Waals surface area contributed by atoms with Crippen molar-refractivity contribution in [3.63, 3.8) is 0 Å². The van der Waals surface area contributed by atoms with Crippen molar-refractivity contribution in [2.24, 2.45) is 5.73 Å². The van der Waals surface area contributed by atoms with Gasteiger partial charge in [0.15, 0.2) is 11.5 Å². The quantitative estimate of drug-likeness (QED) is 0.928. The minimum atomic E-state index is -0.344. The number of fused-ring (bicyclic) bond motifs is 2. The fourth-order valence-corrected chi connectivity index (χ4v) is 2.53. The third-order valence-corrected chi connectivity index (χ3v) is 3.33. The largest absolute Gasteiger partial charge is 0.486 e. The number of hydrogen-bond donors (Lipinski definition) is 1. The summed E-state index contributed by atoms with van der Waals surface area (Å²) in [5.41, 5.74) is 7.69. The molecule has 3 rings (SSSR count). The van der Waals surface area contributed by atoms with Crippen molar-refractivity contribution in [1.29, 1.82) is 0 Å². The van der Waals surface area contributed by atoms with Crippen LogP contribution in [0.3, 0.4) is 0 Å². The molecule has 1 aromatic carbocycles. The minimum Gasteiger partial charge on any atom is -0.486 e. The van der Waals surface area contributed by atoms with E-state index in [9.17, 15) is 0 Å². The van der Waals surface area contributed by atoms with Crippen molar-refractivity contribution in [3.05, 3.63) is 18.0 Å². The third-order valence-electron chi connectivity index (χ3n) is 3.33.